The summed E-state index contributed by atoms with van der Waals surface area (Å²) in [6.45, 7) is 8.81. The maximum atomic E-state index is 12.5. The van der Waals surface area contributed by atoms with Gasteiger partial charge in [0.05, 0.1) is 25.7 Å². The van der Waals surface area contributed by atoms with Crippen molar-refractivity contribution in [3.8, 4) is 23.0 Å². The van der Waals surface area contributed by atoms with Gasteiger partial charge >= 0.3 is 11.9 Å². The number of carbonyl (C=O) groups excluding carboxylic acids is 1. The van der Waals surface area contributed by atoms with Crippen LogP contribution in [0.4, 0.5) is 0 Å². The number of ether oxygens (including phenoxy) is 2. The fourth-order valence-electron chi connectivity index (χ4n) is 3.52. The van der Waals surface area contributed by atoms with E-state index in [1.807, 2.05) is 30.0 Å². The van der Waals surface area contributed by atoms with Crippen LogP contribution in [0, 0.1) is 6.92 Å². The predicted octanol–water partition coefficient (Wildman–Crippen LogP) is 2.61. The predicted molar refractivity (Wildman–Crippen MR) is 135 cm³/mol. The number of carbonyl (C=O) groups is 3. The van der Waals surface area contributed by atoms with Gasteiger partial charge in [-0.3, -0.25) is 9.69 Å². The molecule has 11 nitrogen and oxygen atoms in total. The summed E-state index contributed by atoms with van der Waals surface area (Å²) in [4.78, 5) is 39.7. The Balaban J connectivity index is 0.000000678. The summed E-state index contributed by atoms with van der Waals surface area (Å²) in [5.41, 5.74) is 1.69. The normalized spacial score (nSPS) is 13.5. The number of aromatic nitrogens is 1. The monoisotopic (exact) mass is 523 g/mol. The maximum Gasteiger partial charge on any atom is 0.414 e. The van der Waals surface area contributed by atoms with Crippen molar-refractivity contribution in [2.45, 2.75) is 26.0 Å². The van der Waals surface area contributed by atoms with Crippen molar-refractivity contribution in [3.63, 3.8) is 0 Å². The van der Waals surface area contributed by atoms with E-state index in [-0.39, 0.29) is 5.91 Å². The molecule has 0 aliphatic carbocycles. The van der Waals surface area contributed by atoms with E-state index in [1.165, 1.54) is 0 Å². The summed E-state index contributed by atoms with van der Waals surface area (Å²) < 4.78 is 16.5. The third-order valence-electron chi connectivity index (χ3n) is 5.44. The zero-order valence-corrected chi connectivity index (χ0v) is 21.8. The number of amides is 1. The highest BCUT2D eigenvalue weighted by atomic mass is 32.2. The standard InChI is InChI=1S/C22H31N3O4S.C2H2O4/c1-5-8-24-9-11-25(12-10-24)21(26)15-30-14-18-16(2)29-22(23-18)17-6-7-19(27-3)20(13-17)28-4;3-1(4)2(5)6/h6-7,13H,5,8-12,14-15H2,1-4H3;(H,3,4)(H,5,6). The Morgan fingerprint density at radius 2 is 1.69 bits per heavy atom. The highest BCUT2D eigenvalue weighted by molar-refractivity contribution is 7.99. The Kier molecular flexibility index (Phi) is 11.5. The second kappa shape index (κ2) is 14.3. The van der Waals surface area contributed by atoms with Crippen molar-refractivity contribution >= 4 is 29.6 Å². The van der Waals surface area contributed by atoms with E-state index in [0.717, 1.165) is 56.2 Å². The quantitative estimate of drug-likeness (QED) is 0.468. The molecular formula is C24H33N3O8S. The lowest BCUT2D eigenvalue weighted by molar-refractivity contribution is -0.159. The van der Waals surface area contributed by atoms with Crippen LogP contribution in [0.15, 0.2) is 22.6 Å². The molecule has 0 spiro atoms. The molecule has 1 amide bonds. The fourth-order valence-corrected chi connectivity index (χ4v) is 4.44. The largest absolute Gasteiger partial charge is 0.493 e. The number of hydrogen-bond donors (Lipinski definition) is 2. The molecule has 12 heteroatoms. The first-order valence-electron chi connectivity index (χ1n) is 11.4. The van der Waals surface area contributed by atoms with Crippen LogP contribution >= 0.6 is 11.8 Å². The molecule has 2 heterocycles. The number of carboxylic acids is 2. The van der Waals surface area contributed by atoms with Crippen molar-refractivity contribution in [2.24, 2.45) is 0 Å². The van der Waals surface area contributed by atoms with Crippen molar-refractivity contribution < 1.29 is 38.5 Å². The Labute approximate surface area is 214 Å². The zero-order chi connectivity index (χ0) is 26.7. The third kappa shape index (κ3) is 8.45. The van der Waals surface area contributed by atoms with Crippen LogP contribution in [0.3, 0.4) is 0 Å². The number of aliphatic carboxylic acids is 2. The molecule has 1 saturated heterocycles. The number of benzene rings is 1. The van der Waals surface area contributed by atoms with Gasteiger partial charge in [-0.05, 0) is 38.1 Å². The average Bonchev–Trinajstić information content (AvgIpc) is 3.24. The summed E-state index contributed by atoms with van der Waals surface area (Å²) in [5, 5.41) is 14.8. The molecule has 1 aliphatic rings. The van der Waals surface area contributed by atoms with Crippen LogP contribution in [-0.2, 0) is 20.1 Å². The fraction of sp³-hybridized carbons (Fsp3) is 0.500. The summed E-state index contributed by atoms with van der Waals surface area (Å²) in [6.07, 6.45) is 1.16. The summed E-state index contributed by atoms with van der Waals surface area (Å²) >= 11 is 1.58. The smallest absolute Gasteiger partial charge is 0.414 e. The number of hydrogen-bond acceptors (Lipinski definition) is 9. The zero-order valence-electron chi connectivity index (χ0n) is 21.0. The number of nitrogens with zero attached hydrogens (tertiary/aromatic N) is 3. The second-order valence-electron chi connectivity index (χ2n) is 7.92. The van der Waals surface area contributed by atoms with E-state index in [0.29, 0.717) is 28.9 Å². The molecule has 1 aliphatic heterocycles. The van der Waals surface area contributed by atoms with Gasteiger partial charge in [-0.25, -0.2) is 14.6 Å². The highest BCUT2D eigenvalue weighted by Crippen LogP contribution is 2.33. The molecule has 2 N–H and O–H groups in total. The Morgan fingerprint density at radius 3 is 2.25 bits per heavy atom. The van der Waals surface area contributed by atoms with Crippen LogP contribution in [0.1, 0.15) is 24.8 Å². The molecule has 1 fully saturated rings. The Hall–Kier alpha value is -3.25. The molecule has 0 saturated carbocycles. The lowest BCUT2D eigenvalue weighted by Gasteiger charge is -2.34. The van der Waals surface area contributed by atoms with Crippen molar-refractivity contribution in [1.29, 1.82) is 0 Å². The van der Waals surface area contributed by atoms with E-state index in [1.54, 1.807) is 26.0 Å². The van der Waals surface area contributed by atoms with Gasteiger partial charge < -0.3 is 29.0 Å². The van der Waals surface area contributed by atoms with Gasteiger partial charge in [0, 0.05) is 37.5 Å². The topological polar surface area (TPSA) is 143 Å². The molecule has 1 aromatic heterocycles. The number of methoxy groups -OCH3 is 2. The first-order chi connectivity index (χ1) is 17.2. The van der Waals surface area contributed by atoms with E-state index in [2.05, 4.69) is 16.8 Å². The summed E-state index contributed by atoms with van der Waals surface area (Å²) in [7, 11) is 3.21. The van der Waals surface area contributed by atoms with E-state index in [9.17, 15) is 4.79 Å². The molecule has 0 bridgehead atoms. The minimum Gasteiger partial charge on any atom is -0.493 e. The van der Waals surface area contributed by atoms with E-state index >= 15 is 0 Å². The van der Waals surface area contributed by atoms with Gasteiger partial charge in [0.15, 0.2) is 11.5 Å². The van der Waals surface area contributed by atoms with Crippen molar-refractivity contribution in [3.05, 3.63) is 29.7 Å². The summed E-state index contributed by atoms with van der Waals surface area (Å²) in [6, 6.07) is 5.58. The Morgan fingerprint density at radius 1 is 1.06 bits per heavy atom. The van der Waals surface area contributed by atoms with E-state index in [4.69, 9.17) is 33.7 Å². The van der Waals surface area contributed by atoms with Gasteiger partial charge in [-0.15, -0.1) is 11.8 Å². The molecule has 0 atom stereocenters. The lowest BCUT2D eigenvalue weighted by atomic mass is 10.2. The summed E-state index contributed by atoms with van der Waals surface area (Å²) in [5.74, 6) is 0.272. The van der Waals surface area contributed by atoms with Crippen LogP contribution < -0.4 is 9.47 Å². The first kappa shape index (κ1) is 29.0. The minimum absolute atomic E-state index is 0.206. The number of piperazine rings is 1. The molecule has 2 aromatic rings. The van der Waals surface area contributed by atoms with Crippen LogP contribution in [0.5, 0.6) is 11.5 Å². The molecular weight excluding hydrogens is 490 g/mol. The van der Waals surface area contributed by atoms with Crippen LogP contribution in [0.2, 0.25) is 0 Å². The van der Waals surface area contributed by atoms with Gasteiger partial charge in [0.2, 0.25) is 11.8 Å². The second-order valence-corrected chi connectivity index (χ2v) is 8.90. The van der Waals surface area contributed by atoms with Gasteiger partial charge in [0.1, 0.15) is 5.76 Å². The van der Waals surface area contributed by atoms with E-state index < -0.39 is 11.9 Å². The molecule has 1 aromatic carbocycles. The van der Waals surface area contributed by atoms with Gasteiger partial charge in [0.25, 0.3) is 0 Å². The average molecular weight is 524 g/mol. The SMILES string of the molecule is CCCN1CCN(C(=O)CSCc2nc(-c3ccc(OC)c(OC)c3)oc2C)CC1.O=C(O)C(=O)O. The number of thioether (sulfide) groups is 1. The third-order valence-corrected chi connectivity index (χ3v) is 6.36. The lowest BCUT2D eigenvalue weighted by Crippen LogP contribution is -2.49. The maximum absolute atomic E-state index is 12.5. The minimum atomic E-state index is -1.82. The van der Waals surface area contributed by atoms with Crippen LogP contribution in [0.25, 0.3) is 11.5 Å². The number of oxazole rings is 1. The number of aryl methyl sites for hydroxylation is 1. The first-order valence-corrected chi connectivity index (χ1v) is 12.6. The molecule has 36 heavy (non-hydrogen) atoms. The number of rotatable bonds is 9. The van der Waals surface area contributed by atoms with Gasteiger partial charge in [-0.1, -0.05) is 6.92 Å². The van der Waals surface area contributed by atoms with Gasteiger partial charge in [-0.2, -0.15) is 0 Å². The number of carboxylic acid groups (broad SMARTS) is 2. The van der Waals surface area contributed by atoms with Crippen LogP contribution in [-0.4, -0.2) is 95.5 Å². The molecule has 0 unspecified atom stereocenters. The van der Waals surface area contributed by atoms with Crippen molar-refractivity contribution in [2.75, 3.05) is 52.7 Å². The van der Waals surface area contributed by atoms with Crippen molar-refractivity contribution in [1.82, 2.24) is 14.8 Å². The highest BCUT2D eigenvalue weighted by Gasteiger charge is 2.21. The molecule has 0 radical (unpaired) electrons. The molecule has 198 valence electrons. The molecule has 3 rings (SSSR count). The Bertz CT molecular complexity index is 1020.